The molecule has 14 heavy (non-hydrogen) atoms. The number of rotatable bonds is 5. The van der Waals surface area contributed by atoms with Gasteiger partial charge in [0.25, 0.3) is 0 Å². The third kappa shape index (κ3) is 3.73. The molecule has 1 atom stereocenters. The lowest BCUT2D eigenvalue weighted by atomic mass is 10.6. The zero-order valence-electron chi connectivity index (χ0n) is 8.52. The first-order chi connectivity index (χ1) is 6.57. The normalized spacial score (nSPS) is 15.4. The Bertz CT molecular complexity index is 340. The van der Waals surface area contributed by atoms with Crippen LogP contribution in [0.15, 0.2) is 9.72 Å². The quantitative estimate of drug-likeness (QED) is 0.594. The largest absolute Gasteiger partial charge is 0.329 e. The van der Waals surface area contributed by atoms with E-state index in [-0.39, 0.29) is 0 Å². The first-order valence-electron chi connectivity index (χ1n) is 4.27. The Balaban J connectivity index is 2.63. The van der Waals surface area contributed by atoms with Gasteiger partial charge < -0.3 is 4.52 Å². The number of thioether (sulfide) groups is 1. The Kier molecular flexibility index (Phi) is 4.64. The lowest BCUT2D eigenvalue weighted by molar-refractivity contribution is 0.336. The summed E-state index contributed by atoms with van der Waals surface area (Å²) in [5.74, 6) is 0. The monoisotopic (exact) mass is 251 g/mol. The van der Waals surface area contributed by atoms with Crippen molar-refractivity contribution in [3.8, 4) is 0 Å². The molecule has 0 aliphatic carbocycles. The van der Waals surface area contributed by atoms with Crippen LogP contribution in [0.1, 0.15) is 12.6 Å². The fourth-order valence-corrected chi connectivity index (χ4v) is 3.86. The highest BCUT2D eigenvalue weighted by Gasteiger charge is 2.17. The first-order valence-corrected chi connectivity index (χ1v) is 8.63. The van der Waals surface area contributed by atoms with Crippen molar-refractivity contribution < 1.29 is 9.09 Å². The summed E-state index contributed by atoms with van der Waals surface area (Å²) in [7, 11) is -2.48. The van der Waals surface area contributed by atoms with Gasteiger partial charge in [-0.15, -0.1) is 11.3 Å². The summed E-state index contributed by atoms with van der Waals surface area (Å²) < 4.78 is 18.0. The van der Waals surface area contributed by atoms with Gasteiger partial charge in [-0.3, -0.25) is 4.57 Å². The van der Waals surface area contributed by atoms with Crippen LogP contribution in [0.3, 0.4) is 0 Å². The standard InChI is InChI=1S/C8H14NO2PS2/c1-4-11-12(2,10)5-7-6-14-8(9-7)13-3/h6H,4-5H2,1-3H3. The Morgan fingerprint density at radius 2 is 2.43 bits per heavy atom. The van der Waals surface area contributed by atoms with Crippen molar-refractivity contribution in [3.05, 3.63) is 11.1 Å². The fourth-order valence-electron chi connectivity index (χ4n) is 1.07. The Labute approximate surface area is 92.7 Å². The van der Waals surface area contributed by atoms with Gasteiger partial charge in [-0.25, -0.2) is 4.98 Å². The Hall–Kier alpha value is 0.170. The molecule has 0 aromatic carbocycles. The third-order valence-corrected chi connectivity index (χ3v) is 5.17. The summed E-state index contributed by atoms with van der Waals surface area (Å²) in [5.41, 5.74) is 0.874. The van der Waals surface area contributed by atoms with Crippen molar-refractivity contribution in [1.29, 1.82) is 0 Å². The lowest BCUT2D eigenvalue weighted by Crippen LogP contribution is -1.92. The minimum Gasteiger partial charge on any atom is -0.329 e. The van der Waals surface area contributed by atoms with Crippen molar-refractivity contribution in [1.82, 2.24) is 4.98 Å². The number of aromatic nitrogens is 1. The van der Waals surface area contributed by atoms with E-state index in [1.54, 1.807) is 29.8 Å². The van der Waals surface area contributed by atoms with Crippen LogP contribution in [-0.2, 0) is 15.3 Å². The smallest absolute Gasteiger partial charge is 0.206 e. The number of nitrogens with zero attached hydrogens (tertiary/aromatic N) is 1. The van der Waals surface area contributed by atoms with Gasteiger partial charge in [0.15, 0.2) is 0 Å². The highest BCUT2D eigenvalue weighted by molar-refractivity contribution is 8.00. The molecule has 1 aromatic rings. The van der Waals surface area contributed by atoms with Crippen molar-refractivity contribution in [2.75, 3.05) is 19.5 Å². The molecule has 0 saturated carbocycles. The summed E-state index contributed by atoms with van der Waals surface area (Å²) in [5, 5.41) is 1.95. The van der Waals surface area contributed by atoms with Gasteiger partial charge in [-0.1, -0.05) is 11.8 Å². The van der Waals surface area contributed by atoms with Gasteiger partial charge in [0.1, 0.15) is 4.34 Å². The fraction of sp³-hybridized carbons (Fsp3) is 0.625. The average Bonchev–Trinajstić information content (AvgIpc) is 2.51. The maximum absolute atomic E-state index is 11.8. The number of hydrogen-bond acceptors (Lipinski definition) is 5. The van der Waals surface area contributed by atoms with E-state index in [0.29, 0.717) is 12.8 Å². The van der Waals surface area contributed by atoms with Gasteiger partial charge >= 0.3 is 0 Å². The zero-order valence-corrected chi connectivity index (χ0v) is 11.0. The molecule has 6 heteroatoms. The molecular weight excluding hydrogens is 237 g/mol. The molecule has 0 amide bonds. The molecule has 1 aromatic heterocycles. The maximum Gasteiger partial charge on any atom is 0.206 e. The van der Waals surface area contributed by atoms with E-state index in [0.717, 1.165) is 10.0 Å². The molecular formula is C8H14NO2PS2. The molecule has 1 rings (SSSR count). The van der Waals surface area contributed by atoms with Gasteiger partial charge in [0.05, 0.1) is 18.5 Å². The van der Waals surface area contributed by atoms with Crippen molar-refractivity contribution >= 4 is 30.5 Å². The average molecular weight is 251 g/mol. The van der Waals surface area contributed by atoms with Crippen LogP contribution in [-0.4, -0.2) is 24.5 Å². The van der Waals surface area contributed by atoms with Crippen LogP contribution < -0.4 is 0 Å². The summed E-state index contributed by atoms with van der Waals surface area (Å²) in [6, 6.07) is 0. The van der Waals surface area contributed by atoms with Crippen LogP contribution in [0.4, 0.5) is 0 Å². The van der Waals surface area contributed by atoms with E-state index in [4.69, 9.17) is 4.52 Å². The van der Waals surface area contributed by atoms with Crippen molar-refractivity contribution in [2.24, 2.45) is 0 Å². The van der Waals surface area contributed by atoms with Crippen LogP contribution in [0, 0.1) is 0 Å². The maximum atomic E-state index is 11.8. The zero-order chi connectivity index (χ0) is 10.6. The second-order valence-corrected chi connectivity index (χ2v) is 7.41. The molecule has 0 fully saturated rings. The van der Waals surface area contributed by atoms with E-state index >= 15 is 0 Å². The third-order valence-electron chi connectivity index (χ3n) is 1.56. The molecule has 0 aliphatic heterocycles. The second kappa shape index (κ2) is 5.31. The molecule has 0 saturated heterocycles. The Morgan fingerprint density at radius 3 is 2.93 bits per heavy atom. The van der Waals surface area contributed by atoms with E-state index in [2.05, 4.69) is 4.98 Å². The number of hydrogen-bond donors (Lipinski definition) is 0. The van der Waals surface area contributed by atoms with E-state index < -0.39 is 7.37 Å². The van der Waals surface area contributed by atoms with Crippen LogP contribution in [0.5, 0.6) is 0 Å². The highest BCUT2D eigenvalue weighted by atomic mass is 32.2. The van der Waals surface area contributed by atoms with Crippen LogP contribution >= 0.6 is 30.5 Å². The lowest BCUT2D eigenvalue weighted by Gasteiger charge is -2.10. The van der Waals surface area contributed by atoms with Crippen molar-refractivity contribution in [2.45, 2.75) is 17.4 Å². The molecule has 0 N–H and O–H groups in total. The summed E-state index contributed by atoms with van der Waals surface area (Å²) in [6.45, 7) is 4.01. The van der Waals surface area contributed by atoms with Crippen LogP contribution in [0.25, 0.3) is 0 Å². The highest BCUT2D eigenvalue weighted by Crippen LogP contribution is 2.46. The molecule has 1 heterocycles. The summed E-state index contributed by atoms with van der Waals surface area (Å²) >= 11 is 3.19. The Morgan fingerprint density at radius 1 is 1.71 bits per heavy atom. The molecule has 0 radical (unpaired) electrons. The summed E-state index contributed by atoms with van der Waals surface area (Å²) in [6.07, 6.45) is 2.43. The summed E-state index contributed by atoms with van der Waals surface area (Å²) in [4.78, 5) is 4.33. The molecule has 0 bridgehead atoms. The van der Waals surface area contributed by atoms with Gasteiger partial charge in [-0.05, 0) is 13.2 Å². The van der Waals surface area contributed by atoms with E-state index in [9.17, 15) is 4.57 Å². The van der Waals surface area contributed by atoms with Crippen molar-refractivity contribution in [3.63, 3.8) is 0 Å². The minimum atomic E-state index is -2.48. The minimum absolute atomic E-state index is 0.442. The topological polar surface area (TPSA) is 39.2 Å². The van der Waals surface area contributed by atoms with Gasteiger partial charge in [0.2, 0.25) is 7.37 Å². The SMILES string of the molecule is CCOP(C)(=O)Cc1csc(SC)n1. The molecule has 1 unspecified atom stereocenters. The molecule has 3 nitrogen and oxygen atoms in total. The van der Waals surface area contributed by atoms with Gasteiger partial charge in [-0.2, -0.15) is 0 Å². The second-order valence-electron chi connectivity index (χ2n) is 2.90. The van der Waals surface area contributed by atoms with E-state index in [1.807, 2.05) is 18.6 Å². The van der Waals surface area contributed by atoms with E-state index in [1.165, 1.54) is 0 Å². The number of thiazole rings is 1. The molecule has 0 aliphatic rings. The predicted octanol–water partition coefficient (Wildman–Crippen LogP) is 3.31. The molecule has 0 spiro atoms. The van der Waals surface area contributed by atoms with Gasteiger partial charge in [0, 0.05) is 12.0 Å². The molecule has 80 valence electrons. The first kappa shape index (κ1) is 12.2. The predicted molar refractivity (Wildman–Crippen MR) is 62.8 cm³/mol. The van der Waals surface area contributed by atoms with Crippen LogP contribution in [0.2, 0.25) is 0 Å².